The molecule has 25 heavy (non-hydrogen) atoms. The van der Waals surface area contributed by atoms with Gasteiger partial charge in [-0.25, -0.2) is 4.79 Å². The van der Waals surface area contributed by atoms with Gasteiger partial charge in [0.25, 0.3) is 0 Å². The fourth-order valence-electron chi connectivity index (χ4n) is 2.10. The van der Waals surface area contributed by atoms with Crippen molar-refractivity contribution in [1.82, 2.24) is 0 Å². The highest BCUT2D eigenvalue weighted by Gasteiger charge is 2.10. The van der Waals surface area contributed by atoms with Gasteiger partial charge in [-0.3, -0.25) is 9.59 Å². The molecule has 0 fully saturated rings. The van der Waals surface area contributed by atoms with E-state index in [0.29, 0.717) is 16.8 Å². The van der Waals surface area contributed by atoms with E-state index in [2.05, 4.69) is 10.1 Å². The van der Waals surface area contributed by atoms with E-state index in [0.717, 1.165) is 0 Å². The zero-order chi connectivity index (χ0) is 18.1. The van der Waals surface area contributed by atoms with Crippen molar-refractivity contribution < 1.29 is 23.9 Å². The number of hydrogen-bond donors (Lipinski definition) is 1. The van der Waals surface area contributed by atoms with Crippen LogP contribution in [0.3, 0.4) is 0 Å². The van der Waals surface area contributed by atoms with E-state index in [9.17, 15) is 14.4 Å². The molecule has 0 aromatic heterocycles. The Morgan fingerprint density at radius 1 is 0.960 bits per heavy atom. The van der Waals surface area contributed by atoms with Crippen molar-refractivity contribution in [2.75, 3.05) is 12.4 Å². The molecule has 0 bridgehead atoms. The molecule has 1 amide bonds. The Labute approximate surface area is 145 Å². The number of esters is 2. The van der Waals surface area contributed by atoms with Gasteiger partial charge in [0.2, 0.25) is 5.91 Å². The van der Waals surface area contributed by atoms with Crippen molar-refractivity contribution in [3.63, 3.8) is 0 Å². The number of anilines is 1. The van der Waals surface area contributed by atoms with Gasteiger partial charge >= 0.3 is 11.9 Å². The van der Waals surface area contributed by atoms with E-state index in [1.807, 2.05) is 18.2 Å². The molecule has 0 unspecified atom stereocenters. The zero-order valence-electron chi connectivity index (χ0n) is 13.9. The van der Waals surface area contributed by atoms with E-state index in [1.54, 1.807) is 36.4 Å². The molecule has 2 aromatic carbocycles. The first-order chi connectivity index (χ1) is 12.1. The second-order valence-corrected chi connectivity index (χ2v) is 5.27. The fourth-order valence-corrected chi connectivity index (χ4v) is 2.10. The van der Waals surface area contributed by atoms with Crippen molar-refractivity contribution >= 4 is 23.5 Å². The van der Waals surface area contributed by atoms with Gasteiger partial charge in [0.1, 0.15) is 6.61 Å². The molecule has 0 saturated carbocycles. The van der Waals surface area contributed by atoms with Gasteiger partial charge < -0.3 is 14.8 Å². The van der Waals surface area contributed by atoms with Gasteiger partial charge in [0.05, 0.1) is 19.1 Å². The highest BCUT2D eigenvalue weighted by Crippen LogP contribution is 2.10. The Hall–Kier alpha value is -3.15. The molecular formula is C19H19NO5. The zero-order valence-corrected chi connectivity index (χ0v) is 13.9. The second kappa shape index (κ2) is 9.22. The summed E-state index contributed by atoms with van der Waals surface area (Å²) in [5.41, 5.74) is 1.74. The second-order valence-electron chi connectivity index (χ2n) is 5.27. The minimum Gasteiger partial charge on any atom is -0.465 e. The van der Waals surface area contributed by atoms with Gasteiger partial charge in [-0.05, 0) is 29.8 Å². The molecule has 0 heterocycles. The van der Waals surface area contributed by atoms with Crippen molar-refractivity contribution in [3.05, 3.63) is 65.7 Å². The third-order valence-electron chi connectivity index (χ3n) is 3.36. The molecule has 0 atom stereocenters. The molecule has 0 saturated heterocycles. The van der Waals surface area contributed by atoms with E-state index in [-0.39, 0.29) is 25.4 Å². The molecule has 1 N–H and O–H groups in total. The number of carbonyl (C=O) groups is 3. The highest BCUT2D eigenvalue weighted by molar-refractivity contribution is 5.92. The predicted molar refractivity (Wildman–Crippen MR) is 91.9 cm³/mol. The van der Waals surface area contributed by atoms with Crippen LogP contribution in [-0.2, 0) is 25.7 Å². The van der Waals surface area contributed by atoms with Crippen molar-refractivity contribution in [3.8, 4) is 0 Å². The van der Waals surface area contributed by atoms with Crippen molar-refractivity contribution in [2.24, 2.45) is 0 Å². The van der Waals surface area contributed by atoms with Crippen LogP contribution in [0.2, 0.25) is 0 Å². The van der Waals surface area contributed by atoms with E-state index >= 15 is 0 Å². The third-order valence-corrected chi connectivity index (χ3v) is 3.36. The van der Waals surface area contributed by atoms with Crippen LogP contribution in [0.4, 0.5) is 5.69 Å². The number of nitrogens with one attached hydrogen (secondary N) is 1. The van der Waals surface area contributed by atoms with Crippen LogP contribution in [0.1, 0.15) is 28.8 Å². The minimum absolute atomic E-state index is 0.0185. The summed E-state index contributed by atoms with van der Waals surface area (Å²) < 4.78 is 9.77. The quantitative estimate of drug-likeness (QED) is 0.783. The van der Waals surface area contributed by atoms with E-state index in [4.69, 9.17) is 4.74 Å². The summed E-state index contributed by atoms with van der Waals surface area (Å²) in [6.45, 7) is 0.0317. The lowest BCUT2D eigenvalue weighted by Crippen LogP contribution is -2.14. The fraction of sp³-hybridized carbons (Fsp3) is 0.211. The number of benzene rings is 2. The molecule has 2 aromatic rings. The maximum atomic E-state index is 11.8. The molecule has 0 aliphatic carbocycles. The van der Waals surface area contributed by atoms with Gasteiger partial charge in [0, 0.05) is 12.1 Å². The van der Waals surface area contributed by atoms with Crippen LogP contribution in [0.25, 0.3) is 0 Å². The molecule has 0 aliphatic heterocycles. The van der Waals surface area contributed by atoms with Crippen molar-refractivity contribution in [2.45, 2.75) is 19.4 Å². The monoisotopic (exact) mass is 341 g/mol. The minimum atomic E-state index is -0.480. The van der Waals surface area contributed by atoms with Crippen LogP contribution < -0.4 is 5.32 Å². The molecule has 0 spiro atoms. The number of rotatable bonds is 7. The SMILES string of the molecule is COC(=O)c1cccc(COC(=O)CCC(=O)Nc2ccccc2)c1. The molecule has 6 heteroatoms. The summed E-state index contributed by atoms with van der Waals surface area (Å²) in [5, 5.41) is 2.70. The first-order valence-electron chi connectivity index (χ1n) is 7.76. The number of hydrogen-bond acceptors (Lipinski definition) is 5. The summed E-state index contributed by atoms with van der Waals surface area (Å²) in [7, 11) is 1.30. The Balaban J connectivity index is 1.75. The summed E-state index contributed by atoms with van der Waals surface area (Å²) >= 11 is 0. The highest BCUT2D eigenvalue weighted by atomic mass is 16.5. The Kier molecular flexibility index (Phi) is 6.71. The largest absolute Gasteiger partial charge is 0.465 e. The number of carbonyl (C=O) groups excluding carboxylic acids is 3. The average molecular weight is 341 g/mol. The van der Waals surface area contributed by atoms with Gasteiger partial charge in [0.15, 0.2) is 0 Å². The molecule has 2 rings (SSSR count). The molecule has 0 radical (unpaired) electrons. The van der Waals surface area contributed by atoms with Gasteiger partial charge in [-0.2, -0.15) is 0 Å². The Morgan fingerprint density at radius 3 is 2.44 bits per heavy atom. The van der Waals surface area contributed by atoms with Gasteiger partial charge in [-0.1, -0.05) is 30.3 Å². The number of ether oxygens (including phenoxy) is 2. The van der Waals surface area contributed by atoms with E-state index < -0.39 is 11.9 Å². The first kappa shape index (κ1) is 18.2. The molecular weight excluding hydrogens is 322 g/mol. The number of para-hydroxylation sites is 1. The maximum Gasteiger partial charge on any atom is 0.337 e. The lowest BCUT2D eigenvalue weighted by molar-refractivity contribution is -0.145. The van der Waals surface area contributed by atoms with Crippen LogP contribution in [-0.4, -0.2) is 25.0 Å². The summed E-state index contributed by atoms with van der Waals surface area (Å²) in [4.78, 5) is 35.0. The van der Waals surface area contributed by atoms with Crippen LogP contribution in [0, 0.1) is 0 Å². The lowest BCUT2D eigenvalue weighted by Gasteiger charge is -2.07. The van der Waals surface area contributed by atoms with Crippen LogP contribution in [0.5, 0.6) is 0 Å². The molecule has 6 nitrogen and oxygen atoms in total. The summed E-state index contributed by atoms with van der Waals surface area (Å²) in [6, 6.07) is 15.6. The van der Waals surface area contributed by atoms with Crippen LogP contribution >= 0.6 is 0 Å². The standard InChI is InChI=1S/C19H19NO5/c1-24-19(23)15-7-5-6-14(12-15)13-25-18(22)11-10-17(21)20-16-8-3-2-4-9-16/h2-9,12H,10-11,13H2,1H3,(H,20,21). The smallest absolute Gasteiger partial charge is 0.337 e. The topological polar surface area (TPSA) is 81.7 Å². The lowest BCUT2D eigenvalue weighted by atomic mass is 10.1. The van der Waals surface area contributed by atoms with E-state index in [1.165, 1.54) is 7.11 Å². The first-order valence-corrected chi connectivity index (χ1v) is 7.76. The van der Waals surface area contributed by atoms with Crippen molar-refractivity contribution in [1.29, 1.82) is 0 Å². The normalized spacial score (nSPS) is 9.96. The maximum absolute atomic E-state index is 11.8. The Bertz CT molecular complexity index is 742. The number of methoxy groups -OCH3 is 1. The molecule has 0 aliphatic rings. The third kappa shape index (κ3) is 6.10. The van der Waals surface area contributed by atoms with Crippen LogP contribution in [0.15, 0.2) is 54.6 Å². The Morgan fingerprint density at radius 2 is 1.72 bits per heavy atom. The molecule has 130 valence electrons. The average Bonchev–Trinajstić information content (AvgIpc) is 2.65. The summed E-state index contributed by atoms with van der Waals surface area (Å²) in [5.74, 6) is -1.19. The van der Waals surface area contributed by atoms with Gasteiger partial charge in [-0.15, -0.1) is 0 Å². The number of amides is 1. The predicted octanol–water partition coefficient (Wildman–Crippen LogP) is 2.94. The summed E-state index contributed by atoms with van der Waals surface area (Å²) in [6.07, 6.45) is 0.0191.